The summed E-state index contributed by atoms with van der Waals surface area (Å²) in [7, 11) is 0. The van der Waals surface area contributed by atoms with Crippen molar-refractivity contribution in [3.63, 3.8) is 0 Å². The monoisotopic (exact) mass is 348 g/mol. The van der Waals surface area contributed by atoms with Crippen LogP contribution in [0.2, 0.25) is 0 Å². The molecule has 6 heteroatoms. The Morgan fingerprint density at radius 3 is 2.23 bits per heavy atom. The molecule has 0 aliphatic rings. The first-order valence-corrected chi connectivity index (χ1v) is 8.35. The number of nitrogens with one attached hydrogen (secondary N) is 2. The van der Waals surface area contributed by atoms with Crippen LogP contribution in [-0.2, 0) is 4.79 Å². The van der Waals surface area contributed by atoms with Gasteiger partial charge in [-0.25, -0.2) is 0 Å². The molecule has 0 aliphatic carbocycles. The van der Waals surface area contributed by atoms with Crippen LogP contribution in [0, 0.1) is 5.92 Å². The summed E-state index contributed by atoms with van der Waals surface area (Å²) in [6.45, 7) is 3.64. The Bertz CT molecular complexity index is 864. The molecule has 26 heavy (non-hydrogen) atoms. The molecule has 0 atom stereocenters. The number of aromatic nitrogens is 2. The number of benzene rings is 2. The fourth-order valence-corrected chi connectivity index (χ4v) is 2.15. The average Bonchev–Trinajstić information content (AvgIpc) is 2.65. The van der Waals surface area contributed by atoms with E-state index in [0.29, 0.717) is 17.4 Å². The number of ether oxygens (including phenoxy) is 1. The molecular formula is C20H20N4O2. The highest BCUT2D eigenvalue weighted by Crippen LogP contribution is 2.30. The lowest BCUT2D eigenvalue weighted by atomic mass is 10.2. The summed E-state index contributed by atoms with van der Waals surface area (Å²) in [5, 5.41) is 14.0. The van der Waals surface area contributed by atoms with Gasteiger partial charge in [-0.1, -0.05) is 44.2 Å². The van der Waals surface area contributed by atoms with Gasteiger partial charge in [-0.2, -0.15) is 0 Å². The molecule has 132 valence electrons. The first kappa shape index (κ1) is 17.4. The summed E-state index contributed by atoms with van der Waals surface area (Å²) >= 11 is 0. The molecule has 3 aromatic rings. The van der Waals surface area contributed by atoms with E-state index in [4.69, 9.17) is 4.74 Å². The van der Waals surface area contributed by atoms with E-state index in [9.17, 15) is 4.79 Å². The molecule has 0 radical (unpaired) electrons. The highest BCUT2D eigenvalue weighted by molar-refractivity contribution is 5.91. The summed E-state index contributed by atoms with van der Waals surface area (Å²) in [5.41, 5.74) is 0.768. The van der Waals surface area contributed by atoms with E-state index >= 15 is 0 Å². The summed E-state index contributed by atoms with van der Waals surface area (Å²) in [5.74, 6) is 2.19. The lowest BCUT2D eigenvalue weighted by Crippen LogP contribution is -2.18. The van der Waals surface area contributed by atoms with E-state index in [2.05, 4.69) is 20.8 Å². The van der Waals surface area contributed by atoms with Crippen LogP contribution in [0.5, 0.6) is 11.5 Å². The Labute approximate surface area is 152 Å². The van der Waals surface area contributed by atoms with Gasteiger partial charge in [0.2, 0.25) is 5.91 Å². The number of carbonyl (C=O) groups excluding carboxylic acids is 1. The molecule has 2 N–H and O–H groups in total. The van der Waals surface area contributed by atoms with Crippen LogP contribution < -0.4 is 15.4 Å². The van der Waals surface area contributed by atoms with E-state index < -0.39 is 0 Å². The standard InChI is InChI=1S/C20H20N4O2/c1-14(2)20(25)22-19-13-12-18(23-24-19)21-16-10-6-7-11-17(16)26-15-8-4-3-5-9-15/h3-14H,1-2H3,(H,21,23)(H,22,24,25). The van der Waals surface area contributed by atoms with Crippen LogP contribution in [0.1, 0.15) is 13.8 Å². The second-order valence-corrected chi connectivity index (χ2v) is 5.98. The molecule has 0 spiro atoms. The van der Waals surface area contributed by atoms with Gasteiger partial charge in [0.25, 0.3) is 0 Å². The molecule has 0 saturated heterocycles. The van der Waals surface area contributed by atoms with Gasteiger partial charge < -0.3 is 15.4 Å². The Balaban J connectivity index is 1.72. The van der Waals surface area contributed by atoms with Gasteiger partial charge in [0, 0.05) is 5.92 Å². The van der Waals surface area contributed by atoms with E-state index in [0.717, 1.165) is 11.4 Å². The molecule has 6 nitrogen and oxygen atoms in total. The van der Waals surface area contributed by atoms with Crippen molar-refractivity contribution in [2.75, 3.05) is 10.6 Å². The third-order valence-electron chi connectivity index (χ3n) is 3.56. The largest absolute Gasteiger partial charge is 0.455 e. The molecule has 0 unspecified atom stereocenters. The van der Waals surface area contributed by atoms with Crippen molar-refractivity contribution in [1.82, 2.24) is 10.2 Å². The summed E-state index contributed by atoms with van der Waals surface area (Å²) in [4.78, 5) is 11.7. The lowest BCUT2D eigenvalue weighted by molar-refractivity contribution is -0.118. The SMILES string of the molecule is CC(C)C(=O)Nc1ccc(Nc2ccccc2Oc2ccccc2)nn1. The summed E-state index contributed by atoms with van der Waals surface area (Å²) in [6.07, 6.45) is 0. The minimum absolute atomic E-state index is 0.0957. The number of para-hydroxylation sites is 3. The van der Waals surface area contributed by atoms with Crippen molar-refractivity contribution in [2.24, 2.45) is 5.92 Å². The topological polar surface area (TPSA) is 76.1 Å². The van der Waals surface area contributed by atoms with Crippen LogP contribution >= 0.6 is 0 Å². The van der Waals surface area contributed by atoms with Crippen LogP contribution in [0.15, 0.2) is 66.7 Å². The third kappa shape index (κ3) is 4.57. The Morgan fingerprint density at radius 2 is 1.54 bits per heavy atom. The van der Waals surface area contributed by atoms with Crippen molar-refractivity contribution < 1.29 is 9.53 Å². The number of anilines is 3. The van der Waals surface area contributed by atoms with E-state index in [1.54, 1.807) is 12.1 Å². The molecule has 0 fully saturated rings. The molecule has 1 aromatic heterocycles. The van der Waals surface area contributed by atoms with Crippen LogP contribution in [0.25, 0.3) is 0 Å². The normalized spacial score (nSPS) is 10.4. The number of amides is 1. The first-order valence-electron chi connectivity index (χ1n) is 8.35. The highest BCUT2D eigenvalue weighted by Gasteiger charge is 2.09. The van der Waals surface area contributed by atoms with Gasteiger partial charge in [-0.05, 0) is 36.4 Å². The predicted octanol–water partition coefficient (Wildman–Crippen LogP) is 4.61. The van der Waals surface area contributed by atoms with Crippen molar-refractivity contribution in [1.29, 1.82) is 0 Å². The maximum atomic E-state index is 11.7. The van der Waals surface area contributed by atoms with Gasteiger partial charge >= 0.3 is 0 Å². The quantitative estimate of drug-likeness (QED) is 0.680. The van der Waals surface area contributed by atoms with Crippen molar-refractivity contribution >= 4 is 23.2 Å². The van der Waals surface area contributed by atoms with Gasteiger partial charge in [-0.15, -0.1) is 10.2 Å². The average molecular weight is 348 g/mol. The van der Waals surface area contributed by atoms with Gasteiger partial charge in [0.15, 0.2) is 17.4 Å². The zero-order valence-corrected chi connectivity index (χ0v) is 14.6. The molecule has 2 aromatic carbocycles. The Morgan fingerprint density at radius 1 is 0.885 bits per heavy atom. The van der Waals surface area contributed by atoms with Crippen LogP contribution in [-0.4, -0.2) is 16.1 Å². The number of rotatable bonds is 6. The van der Waals surface area contributed by atoms with Crippen molar-refractivity contribution in [2.45, 2.75) is 13.8 Å². The summed E-state index contributed by atoms with van der Waals surface area (Å²) in [6, 6.07) is 20.6. The second kappa shape index (κ2) is 8.11. The molecule has 3 rings (SSSR count). The number of carbonyl (C=O) groups is 1. The molecule has 1 heterocycles. The maximum Gasteiger partial charge on any atom is 0.228 e. The van der Waals surface area contributed by atoms with Gasteiger partial charge in [-0.3, -0.25) is 4.79 Å². The fourth-order valence-electron chi connectivity index (χ4n) is 2.15. The molecule has 0 bridgehead atoms. The number of hydrogen-bond acceptors (Lipinski definition) is 5. The zero-order chi connectivity index (χ0) is 18.4. The Hall–Kier alpha value is -3.41. The smallest absolute Gasteiger partial charge is 0.228 e. The van der Waals surface area contributed by atoms with Gasteiger partial charge in [0.1, 0.15) is 5.75 Å². The van der Waals surface area contributed by atoms with Crippen LogP contribution in [0.3, 0.4) is 0 Å². The van der Waals surface area contributed by atoms with E-state index in [1.165, 1.54) is 0 Å². The lowest BCUT2D eigenvalue weighted by Gasteiger charge is -2.12. The predicted molar refractivity (Wildman–Crippen MR) is 102 cm³/mol. The second-order valence-electron chi connectivity index (χ2n) is 5.98. The molecular weight excluding hydrogens is 328 g/mol. The van der Waals surface area contributed by atoms with E-state index in [1.807, 2.05) is 68.4 Å². The molecule has 0 saturated carbocycles. The molecule has 0 aliphatic heterocycles. The first-order chi connectivity index (χ1) is 12.6. The van der Waals surface area contributed by atoms with Crippen molar-refractivity contribution in [3.8, 4) is 11.5 Å². The highest BCUT2D eigenvalue weighted by atomic mass is 16.5. The minimum atomic E-state index is -0.114. The maximum absolute atomic E-state index is 11.7. The van der Waals surface area contributed by atoms with Crippen LogP contribution in [0.4, 0.5) is 17.3 Å². The fraction of sp³-hybridized carbons (Fsp3) is 0.150. The van der Waals surface area contributed by atoms with Crippen molar-refractivity contribution in [3.05, 3.63) is 66.7 Å². The Kier molecular flexibility index (Phi) is 5.43. The minimum Gasteiger partial charge on any atom is -0.455 e. The summed E-state index contributed by atoms with van der Waals surface area (Å²) < 4.78 is 5.92. The van der Waals surface area contributed by atoms with Gasteiger partial charge in [0.05, 0.1) is 5.69 Å². The third-order valence-corrected chi connectivity index (χ3v) is 3.56. The number of hydrogen-bond donors (Lipinski definition) is 2. The zero-order valence-electron chi connectivity index (χ0n) is 14.6. The molecule has 1 amide bonds. The number of nitrogens with zero attached hydrogens (tertiary/aromatic N) is 2. The van der Waals surface area contributed by atoms with E-state index in [-0.39, 0.29) is 11.8 Å².